The van der Waals surface area contributed by atoms with Gasteiger partial charge in [0.15, 0.2) is 11.5 Å². The topological polar surface area (TPSA) is 103 Å². The Bertz CT molecular complexity index is 1270. The average molecular weight is 448 g/mol. The Morgan fingerprint density at radius 2 is 2.15 bits per heavy atom. The van der Waals surface area contributed by atoms with Gasteiger partial charge in [0, 0.05) is 37.8 Å². The van der Waals surface area contributed by atoms with Crippen molar-refractivity contribution in [3.05, 3.63) is 23.5 Å². The van der Waals surface area contributed by atoms with E-state index in [0.717, 1.165) is 61.0 Å². The van der Waals surface area contributed by atoms with E-state index in [4.69, 9.17) is 9.72 Å². The van der Waals surface area contributed by atoms with Crippen molar-refractivity contribution in [1.29, 1.82) is 0 Å². The lowest BCUT2D eigenvalue weighted by Crippen LogP contribution is -2.61. The summed E-state index contributed by atoms with van der Waals surface area (Å²) in [5.74, 6) is 1.56. The highest BCUT2D eigenvalue weighted by molar-refractivity contribution is 5.97. The minimum Gasteiger partial charge on any atom is -0.372 e. The van der Waals surface area contributed by atoms with E-state index in [2.05, 4.69) is 32.0 Å². The van der Waals surface area contributed by atoms with Gasteiger partial charge in [-0.3, -0.25) is 14.8 Å². The number of hydrogen-bond acceptors (Lipinski definition) is 6. The number of carbonyl (C=O) groups excluding carboxylic acids is 1. The van der Waals surface area contributed by atoms with E-state index in [0.29, 0.717) is 11.1 Å². The summed E-state index contributed by atoms with van der Waals surface area (Å²) in [4.78, 5) is 29.8. The molecule has 1 saturated carbocycles. The number of imidazole rings is 1. The Morgan fingerprint density at radius 3 is 2.94 bits per heavy atom. The molecule has 0 spiro atoms. The van der Waals surface area contributed by atoms with Gasteiger partial charge in [0.25, 0.3) is 0 Å². The Labute approximate surface area is 191 Å². The van der Waals surface area contributed by atoms with E-state index >= 15 is 0 Å². The summed E-state index contributed by atoms with van der Waals surface area (Å²) in [6, 6.07) is 1.74. The summed E-state index contributed by atoms with van der Waals surface area (Å²) >= 11 is 0. The van der Waals surface area contributed by atoms with Gasteiger partial charge in [-0.25, -0.2) is 9.97 Å². The molecule has 3 aromatic heterocycles. The molecule has 4 fully saturated rings. The third-order valence-corrected chi connectivity index (χ3v) is 8.48. The number of hydrogen-bond donors (Lipinski definition) is 2. The largest absolute Gasteiger partial charge is 0.372 e. The van der Waals surface area contributed by atoms with Gasteiger partial charge in [-0.15, -0.1) is 0 Å². The van der Waals surface area contributed by atoms with Gasteiger partial charge in [-0.2, -0.15) is 5.10 Å². The van der Waals surface area contributed by atoms with Gasteiger partial charge in [0.1, 0.15) is 11.2 Å². The van der Waals surface area contributed by atoms with Crippen LogP contribution in [0.2, 0.25) is 0 Å². The van der Waals surface area contributed by atoms with Gasteiger partial charge in [0.2, 0.25) is 5.91 Å². The molecule has 172 valence electrons. The molecule has 2 bridgehead atoms. The lowest BCUT2D eigenvalue weighted by atomic mass is 9.88. The van der Waals surface area contributed by atoms with Crippen molar-refractivity contribution in [3.63, 3.8) is 0 Å². The van der Waals surface area contributed by atoms with E-state index in [1.54, 1.807) is 11.1 Å². The van der Waals surface area contributed by atoms with Crippen molar-refractivity contribution in [2.75, 3.05) is 25.0 Å². The molecule has 3 aliphatic heterocycles. The van der Waals surface area contributed by atoms with Crippen molar-refractivity contribution in [1.82, 2.24) is 30.0 Å². The molecule has 5 atom stereocenters. The van der Waals surface area contributed by atoms with Crippen LogP contribution in [0.25, 0.3) is 22.7 Å². The SMILES string of the molecule is CC(C(=O)N(C)c1cnc2[nH]c(-c3n[nH]c4c3CC3C[C@]3(C)C4)nc2c1)N1CC2CC(C1)O2. The number of H-pyrrole nitrogens is 2. The highest BCUT2D eigenvalue weighted by Crippen LogP contribution is 2.59. The van der Waals surface area contributed by atoms with E-state index in [-0.39, 0.29) is 24.2 Å². The van der Waals surface area contributed by atoms with Gasteiger partial charge >= 0.3 is 0 Å². The van der Waals surface area contributed by atoms with Crippen LogP contribution in [0.1, 0.15) is 37.9 Å². The maximum atomic E-state index is 13.2. The van der Waals surface area contributed by atoms with Gasteiger partial charge < -0.3 is 14.6 Å². The summed E-state index contributed by atoms with van der Waals surface area (Å²) in [6.45, 7) is 6.00. The third-order valence-electron chi connectivity index (χ3n) is 8.48. The van der Waals surface area contributed by atoms with E-state index in [1.807, 2.05) is 20.0 Å². The zero-order chi connectivity index (χ0) is 22.5. The minimum absolute atomic E-state index is 0.0575. The average Bonchev–Trinajstić information content (AvgIpc) is 3.09. The molecule has 9 nitrogen and oxygen atoms in total. The van der Waals surface area contributed by atoms with Gasteiger partial charge in [-0.1, -0.05) is 6.92 Å². The number of nitrogens with zero attached hydrogens (tertiary/aromatic N) is 5. The number of rotatable bonds is 4. The molecule has 3 saturated heterocycles. The molecule has 2 aliphatic carbocycles. The van der Waals surface area contributed by atoms with Crippen LogP contribution in [0.4, 0.5) is 5.69 Å². The molecule has 6 heterocycles. The first-order valence-corrected chi connectivity index (χ1v) is 12.0. The summed E-state index contributed by atoms with van der Waals surface area (Å²) in [5, 5.41) is 7.84. The molecule has 3 aromatic rings. The first-order chi connectivity index (χ1) is 15.9. The second-order valence-electron chi connectivity index (χ2n) is 10.8. The molecule has 9 heteroatoms. The van der Waals surface area contributed by atoms with Crippen molar-refractivity contribution in [2.45, 2.75) is 57.8 Å². The third kappa shape index (κ3) is 2.98. The van der Waals surface area contributed by atoms with E-state index < -0.39 is 0 Å². The molecular weight excluding hydrogens is 418 g/mol. The van der Waals surface area contributed by atoms with Gasteiger partial charge in [-0.05, 0) is 43.6 Å². The fourth-order valence-electron chi connectivity index (χ4n) is 6.10. The fraction of sp³-hybridized carbons (Fsp3) is 0.583. The second kappa shape index (κ2) is 6.64. The van der Waals surface area contributed by atoms with Crippen LogP contribution in [0, 0.1) is 11.3 Å². The number of likely N-dealkylation sites (N-methyl/N-ethyl adjacent to an activating group) is 1. The predicted octanol–water partition coefficient (Wildman–Crippen LogP) is 2.30. The lowest BCUT2D eigenvalue weighted by molar-refractivity contribution is -0.187. The molecule has 5 aliphatic rings. The van der Waals surface area contributed by atoms with Crippen LogP contribution in [0.15, 0.2) is 12.3 Å². The molecule has 4 unspecified atom stereocenters. The Balaban J connectivity index is 1.14. The van der Waals surface area contributed by atoms with Gasteiger partial charge in [0.05, 0.1) is 30.1 Å². The van der Waals surface area contributed by atoms with Crippen LogP contribution in [-0.4, -0.2) is 74.3 Å². The Kier molecular flexibility index (Phi) is 3.95. The molecule has 8 rings (SSSR count). The van der Waals surface area contributed by atoms with Crippen LogP contribution in [0.5, 0.6) is 0 Å². The standard InChI is InChI=1S/C24H29N7O2/c1-12(31-10-15-6-16(11-31)33-15)23(32)30(3)14-5-18-21(25-9-14)27-22(26-18)20-17-4-13-7-24(13,2)8-19(17)28-29-20/h5,9,12-13,15-16H,4,6-8,10-11H2,1-3H3,(H,28,29)(H,25,26,27)/t12?,13?,15?,16?,24-/m1/s1. The zero-order valence-electron chi connectivity index (χ0n) is 19.3. The fourth-order valence-corrected chi connectivity index (χ4v) is 6.10. The highest BCUT2D eigenvalue weighted by atomic mass is 16.5. The lowest BCUT2D eigenvalue weighted by Gasteiger charge is -2.48. The highest BCUT2D eigenvalue weighted by Gasteiger charge is 2.53. The number of pyridine rings is 1. The molecule has 33 heavy (non-hydrogen) atoms. The molecule has 0 aromatic carbocycles. The Hall–Kier alpha value is -2.78. The number of ether oxygens (including phenoxy) is 1. The van der Waals surface area contributed by atoms with Crippen molar-refractivity contribution < 1.29 is 9.53 Å². The number of anilines is 1. The number of morpholine rings is 1. The van der Waals surface area contributed by atoms with Crippen LogP contribution in [0.3, 0.4) is 0 Å². The number of nitrogens with one attached hydrogen (secondary N) is 2. The number of amides is 1. The molecular formula is C24H29N7O2. The smallest absolute Gasteiger partial charge is 0.243 e. The molecule has 2 N–H and O–H groups in total. The number of aromatic amines is 2. The number of fused-ring (bicyclic) bond motifs is 5. The van der Waals surface area contributed by atoms with Crippen molar-refractivity contribution in [2.24, 2.45) is 11.3 Å². The number of carbonyl (C=O) groups is 1. The summed E-state index contributed by atoms with van der Waals surface area (Å²) in [7, 11) is 1.81. The number of piperidine rings is 1. The van der Waals surface area contributed by atoms with Crippen molar-refractivity contribution in [3.8, 4) is 11.5 Å². The van der Waals surface area contributed by atoms with Crippen molar-refractivity contribution >= 4 is 22.8 Å². The molecule has 0 radical (unpaired) electrons. The minimum atomic E-state index is -0.196. The maximum absolute atomic E-state index is 13.2. The summed E-state index contributed by atoms with van der Waals surface area (Å²) in [6.07, 6.45) is 6.85. The van der Waals surface area contributed by atoms with Crippen LogP contribution in [-0.2, 0) is 22.4 Å². The van der Waals surface area contributed by atoms with Crippen LogP contribution >= 0.6 is 0 Å². The normalized spacial score (nSPS) is 30.9. The zero-order valence-corrected chi connectivity index (χ0v) is 19.3. The first-order valence-electron chi connectivity index (χ1n) is 12.0. The number of aromatic nitrogens is 5. The van der Waals surface area contributed by atoms with Crippen LogP contribution < -0.4 is 4.90 Å². The summed E-state index contributed by atoms with van der Waals surface area (Å²) < 4.78 is 5.71. The second-order valence-corrected chi connectivity index (χ2v) is 10.8. The molecule has 1 amide bonds. The maximum Gasteiger partial charge on any atom is 0.243 e. The predicted molar refractivity (Wildman–Crippen MR) is 123 cm³/mol. The van der Waals surface area contributed by atoms with E-state index in [9.17, 15) is 4.79 Å². The first kappa shape index (κ1) is 19.7. The quantitative estimate of drug-likeness (QED) is 0.636. The van der Waals surface area contributed by atoms with E-state index in [1.165, 1.54) is 17.7 Å². The Morgan fingerprint density at radius 1 is 1.36 bits per heavy atom. The monoisotopic (exact) mass is 447 g/mol. The summed E-state index contributed by atoms with van der Waals surface area (Å²) in [5.41, 5.74) is 6.09.